The van der Waals surface area contributed by atoms with Gasteiger partial charge in [0.15, 0.2) is 16.7 Å². The van der Waals surface area contributed by atoms with E-state index in [-0.39, 0.29) is 12.0 Å². The molecule has 0 fully saturated rings. The van der Waals surface area contributed by atoms with Crippen molar-refractivity contribution >= 4 is 34.1 Å². The number of amides is 1. The number of nitrogens with one attached hydrogen (secondary N) is 1. The van der Waals surface area contributed by atoms with E-state index in [1.165, 1.54) is 23.1 Å². The average Bonchev–Trinajstić information content (AvgIpc) is 3.45. The minimum absolute atomic E-state index is 0.119. The van der Waals surface area contributed by atoms with E-state index >= 15 is 0 Å². The standard InChI is InChI=1S/C23H22N4O3S2/c1-13(2)30-16-9-7-15(8-10-16)17-12-32-23(25-17)27-21(28)19-14(3)24-20(26-22(19)31-4)18-6-5-11-29-18/h5-13H,1-4H3,(H,25,27,28). The topological polar surface area (TPSA) is 90.1 Å². The van der Waals surface area contributed by atoms with Crippen LogP contribution >= 0.6 is 23.1 Å². The Kier molecular flexibility index (Phi) is 6.57. The van der Waals surface area contributed by atoms with Gasteiger partial charge in [-0.2, -0.15) is 0 Å². The second-order valence-corrected chi connectivity index (χ2v) is 8.83. The monoisotopic (exact) mass is 466 g/mol. The third-order valence-electron chi connectivity index (χ3n) is 4.47. The lowest BCUT2D eigenvalue weighted by molar-refractivity contribution is 0.102. The molecule has 0 aliphatic rings. The van der Waals surface area contributed by atoms with E-state index in [0.717, 1.165) is 17.0 Å². The van der Waals surface area contributed by atoms with Gasteiger partial charge >= 0.3 is 0 Å². The summed E-state index contributed by atoms with van der Waals surface area (Å²) in [5.41, 5.74) is 2.74. The molecule has 3 aromatic heterocycles. The fraction of sp³-hybridized carbons (Fsp3) is 0.217. The number of carbonyl (C=O) groups is 1. The predicted molar refractivity (Wildman–Crippen MR) is 128 cm³/mol. The molecule has 0 saturated carbocycles. The Morgan fingerprint density at radius 1 is 1.16 bits per heavy atom. The first kappa shape index (κ1) is 22.0. The van der Waals surface area contributed by atoms with Crippen molar-refractivity contribution in [3.63, 3.8) is 0 Å². The van der Waals surface area contributed by atoms with Crippen LogP contribution < -0.4 is 10.1 Å². The number of benzene rings is 1. The van der Waals surface area contributed by atoms with Crippen LogP contribution in [0, 0.1) is 6.92 Å². The molecular weight excluding hydrogens is 444 g/mol. The number of furan rings is 1. The normalized spacial score (nSPS) is 11.0. The maximum atomic E-state index is 13.0. The molecule has 1 amide bonds. The molecule has 0 bridgehead atoms. The third kappa shape index (κ3) is 4.84. The van der Waals surface area contributed by atoms with Crippen LogP contribution in [0.3, 0.4) is 0 Å². The largest absolute Gasteiger partial charge is 0.491 e. The van der Waals surface area contributed by atoms with Gasteiger partial charge in [0.25, 0.3) is 5.91 Å². The molecular formula is C23H22N4O3S2. The first-order valence-electron chi connectivity index (χ1n) is 9.95. The number of anilines is 1. The summed E-state index contributed by atoms with van der Waals surface area (Å²) in [7, 11) is 0. The number of thiazole rings is 1. The number of hydrogen-bond acceptors (Lipinski definition) is 8. The van der Waals surface area contributed by atoms with E-state index in [0.29, 0.717) is 33.0 Å². The highest BCUT2D eigenvalue weighted by Crippen LogP contribution is 2.29. The highest BCUT2D eigenvalue weighted by Gasteiger charge is 2.21. The Morgan fingerprint density at radius 3 is 2.59 bits per heavy atom. The van der Waals surface area contributed by atoms with Gasteiger partial charge in [0, 0.05) is 10.9 Å². The second-order valence-electron chi connectivity index (χ2n) is 7.18. The second kappa shape index (κ2) is 9.54. The van der Waals surface area contributed by atoms with Gasteiger partial charge in [-0.3, -0.25) is 10.1 Å². The van der Waals surface area contributed by atoms with Gasteiger partial charge in [-0.15, -0.1) is 23.1 Å². The van der Waals surface area contributed by atoms with Crippen LogP contribution in [0.5, 0.6) is 5.75 Å². The van der Waals surface area contributed by atoms with Crippen molar-refractivity contribution in [2.75, 3.05) is 11.6 Å². The van der Waals surface area contributed by atoms with Gasteiger partial charge < -0.3 is 9.15 Å². The van der Waals surface area contributed by atoms with Crippen molar-refractivity contribution in [1.29, 1.82) is 0 Å². The molecule has 0 unspecified atom stereocenters. The summed E-state index contributed by atoms with van der Waals surface area (Å²) in [6, 6.07) is 11.3. The van der Waals surface area contributed by atoms with Gasteiger partial charge in [0.1, 0.15) is 10.8 Å². The number of hydrogen-bond donors (Lipinski definition) is 1. The van der Waals surface area contributed by atoms with Gasteiger partial charge in [0.05, 0.1) is 29.3 Å². The first-order valence-corrected chi connectivity index (χ1v) is 12.1. The number of carbonyl (C=O) groups excluding carboxylic acids is 1. The summed E-state index contributed by atoms with van der Waals surface area (Å²) in [6.45, 7) is 5.77. The number of rotatable bonds is 7. The summed E-state index contributed by atoms with van der Waals surface area (Å²) in [4.78, 5) is 26.6. The molecule has 1 aromatic carbocycles. The van der Waals surface area contributed by atoms with E-state index in [2.05, 4.69) is 20.3 Å². The smallest absolute Gasteiger partial charge is 0.262 e. The van der Waals surface area contributed by atoms with Gasteiger partial charge in [-0.05, 0) is 63.4 Å². The zero-order chi connectivity index (χ0) is 22.7. The molecule has 1 N–H and O–H groups in total. The molecule has 3 heterocycles. The minimum Gasteiger partial charge on any atom is -0.491 e. The van der Waals surface area contributed by atoms with Crippen LogP contribution in [0.2, 0.25) is 0 Å². The summed E-state index contributed by atoms with van der Waals surface area (Å²) in [6.07, 6.45) is 3.56. The zero-order valence-electron chi connectivity index (χ0n) is 18.1. The fourth-order valence-corrected chi connectivity index (χ4v) is 4.41. The van der Waals surface area contributed by atoms with Crippen LogP contribution in [0.15, 0.2) is 57.5 Å². The predicted octanol–water partition coefficient (Wildman–Crippen LogP) is 5.93. The van der Waals surface area contributed by atoms with Gasteiger partial charge in [-0.1, -0.05) is 0 Å². The maximum Gasteiger partial charge on any atom is 0.262 e. The minimum atomic E-state index is -0.292. The lowest BCUT2D eigenvalue weighted by Crippen LogP contribution is -2.16. The molecule has 32 heavy (non-hydrogen) atoms. The van der Waals surface area contributed by atoms with Crippen LogP contribution in [-0.2, 0) is 0 Å². The number of ether oxygens (including phenoxy) is 1. The van der Waals surface area contributed by atoms with Crippen molar-refractivity contribution in [2.45, 2.75) is 31.9 Å². The molecule has 9 heteroatoms. The number of nitrogens with zero attached hydrogens (tertiary/aromatic N) is 3. The summed E-state index contributed by atoms with van der Waals surface area (Å²) >= 11 is 2.75. The van der Waals surface area contributed by atoms with Crippen molar-refractivity contribution in [3.05, 3.63) is 59.3 Å². The molecule has 4 rings (SSSR count). The quantitative estimate of drug-likeness (QED) is 0.267. The van der Waals surface area contributed by atoms with Crippen molar-refractivity contribution in [3.8, 4) is 28.6 Å². The molecule has 7 nitrogen and oxygen atoms in total. The molecule has 164 valence electrons. The molecule has 0 aliphatic heterocycles. The third-order valence-corrected chi connectivity index (χ3v) is 5.91. The molecule has 0 atom stereocenters. The molecule has 0 aliphatic carbocycles. The van der Waals surface area contributed by atoms with Gasteiger partial charge in [0.2, 0.25) is 0 Å². The molecule has 0 radical (unpaired) electrons. The van der Waals surface area contributed by atoms with Gasteiger partial charge in [-0.25, -0.2) is 15.0 Å². The summed E-state index contributed by atoms with van der Waals surface area (Å²) in [5, 5.41) is 5.88. The maximum absolute atomic E-state index is 13.0. The number of aryl methyl sites for hydroxylation is 1. The summed E-state index contributed by atoms with van der Waals surface area (Å²) < 4.78 is 11.1. The lowest BCUT2D eigenvalue weighted by atomic mass is 10.2. The van der Waals surface area contributed by atoms with E-state index in [1.807, 2.05) is 49.7 Å². The Hall–Kier alpha value is -3.17. The highest BCUT2D eigenvalue weighted by atomic mass is 32.2. The van der Waals surface area contributed by atoms with Crippen LogP contribution in [0.25, 0.3) is 22.8 Å². The zero-order valence-corrected chi connectivity index (χ0v) is 19.7. The van der Waals surface area contributed by atoms with E-state index < -0.39 is 0 Å². The highest BCUT2D eigenvalue weighted by molar-refractivity contribution is 7.98. The van der Waals surface area contributed by atoms with Crippen LogP contribution in [-0.4, -0.2) is 33.2 Å². The SMILES string of the molecule is CSc1nc(-c2ccco2)nc(C)c1C(=O)Nc1nc(-c2ccc(OC(C)C)cc2)cs1. The average molecular weight is 467 g/mol. The Bertz CT molecular complexity index is 1220. The lowest BCUT2D eigenvalue weighted by Gasteiger charge is -2.10. The number of aromatic nitrogens is 3. The van der Waals surface area contributed by atoms with E-state index in [1.54, 1.807) is 25.3 Å². The Balaban J connectivity index is 1.53. The van der Waals surface area contributed by atoms with Crippen molar-refractivity contribution in [2.24, 2.45) is 0 Å². The molecule has 0 spiro atoms. The van der Waals surface area contributed by atoms with Crippen molar-refractivity contribution in [1.82, 2.24) is 15.0 Å². The Labute approximate surface area is 194 Å². The summed E-state index contributed by atoms with van der Waals surface area (Å²) in [5.74, 6) is 1.53. The van der Waals surface area contributed by atoms with Crippen LogP contribution in [0.4, 0.5) is 5.13 Å². The van der Waals surface area contributed by atoms with E-state index in [4.69, 9.17) is 9.15 Å². The molecule has 4 aromatic rings. The van der Waals surface area contributed by atoms with Crippen molar-refractivity contribution < 1.29 is 13.9 Å². The van der Waals surface area contributed by atoms with E-state index in [9.17, 15) is 4.79 Å². The fourth-order valence-electron chi connectivity index (χ4n) is 3.07. The Morgan fingerprint density at radius 2 is 1.94 bits per heavy atom. The number of thioether (sulfide) groups is 1. The first-order chi connectivity index (χ1) is 15.4. The molecule has 0 saturated heterocycles. The van der Waals surface area contributed by atoms with Crippen LogP contribution in [0.1, 0.15) is 29.9 Å².